The predicted molar refractivity (Wildman–Crippen MR) is 84.0 cm³/mol. The maximum Gasteiger partial charge on any atom is 0.249 e. The molecular weight excluding hydrogens is 300 g/mol. The number of imide groups is 1. The number of nitrogens with one attached hydrogen (secondary N) is 2. The van der Waals surface area contributed by atoms with E-state index >= 15 is 0 Å². The molecule has 0 aromatic heterocycles. The van der Waals surface area contributed by atoms with Crippen LogP contribution in [0.15, 0.2) is 0 Å². The van der Waals surface area contributed by atoms with Gasteiger partial charge in [-0.1, -0.05) is 13.8 Å². The largest absolute Gasteiger partial charge is 0.346 e. The van der Waals surface area contributed by atoms with Crippen molar-refractivity contribution in [3.05, 3.63) is 0 Å². The van der Waals surface area contributed by atoms with E-state index in [0.717, 1.165) is 6.42 Å². The van der Waals surface area contributed by atoms with Crippen molar-refractivity contribution >= 4 is 23.6 Å². The Morgan fingerprint density at radius 1 is 1.26 bits per heavy atom. The van der Waals surface area contributed by atoms with Crippen molar-refractivity contribution in [3.8, 4) is 0 Å². The highest BCUT2D eigenvalue weighted by Crippen LogP contribution is 2.17. The van der Waals surface area contributed by atoms with Gasteiger partial charge in [-0.2, -0.15) is 0 Å². The number of amides is 4. The van der Waals surface area contributed by atoms with Gasteiger partial charge in [0.1, 0.15) is 6.04 Å². The molecule has 4 N–H and O–H groups in total. The van der Waals surface area contributed by atoms with Gasteiger partial charge >= 0.3 is 0 Å². The van der Waals surface area contributed by atoms with E-state index in [1.165, 1.54) is 11.8 Å². The molecule has 0 aromatic carbocycles. The first-order chi connectivity index (χ1) is 10.7. The molecule has 1 fully saturated rings. The lowest BCUT2D eigenvalue weighted by Crippen LogP contribution is -2.50. The van der Waals surface area contributed by atoms with Crippen LogP contribution in [-0.4, -0.2) is 53.7 Å². The fourth-order valence-electron chi connectivity index (χ4n) is 2.59. The summed E-state index contributed by atoms with van der Waals surface area (Å²) in [6.07, 6.45) is 1.78. The highest BCUT2D eigenvalue weighted by atomic mass is 16.2. The maximum absolute atomic E-state index is 12.0. The van der Waals surface area contributed by atoms with Crippen molar-refractivity contribution in [2.45, 2.75) is 52.1 Å². The molecule has 0 bridgehead atoms. The lowest BCUT2D eigenvalue weighted by molar-refractivity contribution is -0.139. The zero-order chi connectivity index (χ0) is 17.6. The van der Waals surface area contributed by atoms with E-state index in [1.807, 2.05) is 13.8 Å². The summed E-state index contributed by atoms with van der Waals surface area (Å²) >= 11 is 0. The smallest absolute Gasteiger partial charge is 0.249 e. The highest BCUT2D eigenvalue weighted by Gasteiger charge is 2.33. The molecule has 1 rings (SSSR count). The van der Waals surface area contributed by atoms with Crippen LogP contribution < -0.4 is 16.4 Å². The van der Waals surface area contributed by atoms with Crippen molar-refractivity contribution in [3.63, 3.8) is 0 Å². The second-order valence-electron chi connectivity index (χ2n) is 6.24. The Morgan fingerprint density at radius 2 is 1.91 bits per heavy atom. The molecule has 1 heterocycles. The van der Waals surface area contributed by atoms with E-state index in [4.69, 9.17) is 5.73 Å². The summed E-state index contributed by atoms with van der Waals surface area (Å²) in [6.45, 7) is 5.48. The van der Waals surface area contributed by atoms with Crippen LogP contribution in [0.1, 0.15) is 40.0 Å². The molecule has 1 aliphatic rings. The van der Waals surface area contributed by atoms with E-state index in [9.17, 15) is 19.2 Å². The summed E-state index contributed by atoms with van der Waals surface area (Å²) in [4.78, 5) is 48.3. The quantitative estimate of drug-likeness (QED) is 0.586. The number of hydrogen-bond donors (Lipinski definition) is 3. The fourth-order valence-corrected chi connectivity index (χ4v) is 2.59. The monoisotopic (exact) mass is 326 g/mol. The summed E-state index contributed by atoms with van der Waals surface area (Å²) in [7, 11) is 0. The minimum Gasteiger partial charge on any atom is -0.346 e. The first kappa shape index (κ1) is 19.1. The Morgan fingerprint density at radius 3 is 2.48 bits per heavy atom. The normalized spacial score (nSPS) is 18.7. The van der Waals surface area contributed by atoms with Gasteiger partial charge in [-0.15, -0.1) is 0 Å². The standard InChI is InChI=1S/C15H26N4O4/c1-9(2)7-11(16)14(22)17-8-13(21)18-15(23)12-5-4-6-19(12)10(3)20/h9,11-12H,4-8,16H2,1-3H3,(H,17,22)(H,18,21,23)/t11-,12+/m0/s1. The topological polar surface area (TPSA) is 122 Å². The van der Waals surface area contributed by atoms with Crippen LogP contribution in [0.4, 0.5) is 0 Å². The first-order valence-corrected chi connectivity index (χ1v) is 7.86. The first-order valence-electron chi connectivity index (χ1n) is 7.86. The summed E-state index contributed by atoms with van der Waals surface area (Å²) in [5.41, 5.74) is 5.70. The van der Waals surface area contributed by atoms with Crippen LogP contribution in [0.5, 0.6) is 0 Å². The van der Waals surface area contributed by atoms with Gasteiger partial charge in [0.2, 0.25) is 23.6 Å². The van der Waals surface area contributed by atoms with Gasteiger partial charge in [-0.3, -0.25) is 24.5 Å². The Balaban J connectivity index is 2.40. The second-order valence-corrected chi connectivity index (χ2v) is 6.24. The Labute approximate surface area is 136 Å². The third-order valence-electron chi connectivity index (χ3n) is 3.71. The number of carbonyl (C=O) groups is 4. The zero-order valence-corrected chi connectivity index (χ0v) is 13.9. The molecule has 1 saturated heterocycles. The van der Waals surface area contributed by atoms with Gasteiger partial charge in [0.15, 0.2) is 0 Å². The van der Waals surface area contributed by atoms with Crippen LogP contribution in [0, 0.1) is 5.92 Å². The summed E-state index contributed by atoms with van der Waals surface area (Å²) in [5.74, 6) is -1.47. The molecular formula is C15H26N4O4. The Kier molecular flexibility index (Phi) is 7.15. The van der Waals surface area contributed by atoms with Crippen LogP contribution in [0.25, 0.3) is 0 Å². The number of carbonyl (C=O) groups excluding carboxylic acids is 4. The van der Waals surface area contributed by atoms with Crippen molar-refractivity contribution < 1.29 is 19.2 Å². The molecule has 0 aliphatic carbocycles. The molecule has 8 heteroatoms. The molecule has 0 radical (unpaired) electrons. The molecule has 23 heavy (non-hydrogen) atoms. The number of nitrogens with zero attached hydrogens (tertiary/aromatic N) is 1. The van der Waals surface area contributed by atoms with E-state index in [0.29, 0.717) is 19.4 Å². The van der Waals surface area contributed by atoms with E-state index in [1.54, 1.807) is 0 Å². The molecule has 0 aromatic rings. The average Bonchev–Trinajstić information content (AvgIpc) is 2.93. The summed E-state index contributed by atoms with van der Waals surface area (Å²) < 4.78 is 0. The number of nitrogens with two attached hydrogens (primary N) is 1. The van der Waals surface area contributed by atoms with Gasteiger partial charge in [-0.25, -0.2) is 0 Å². The minimum absolute atomic E-state index is 0.192. The predicted octanol–water partition coefficient (Wildman–Crippen LogP) is -0.870. The Hall–Kier alpha value is -1.96. The van der Waals surface area contributed by atoms with Gasteiger partial charge < -0.3 is 16.0 Å². The van der Waals surface area contributed by atoms with Gasteiger partial charge in [0.05, 0.1) is 12.6 Å². The lowest BCUT2D eigenvalue weighted by atomic mass is 10.0. The molecule has 130 valence electrons. The maximum atomic E-state index is 12.0. The number of likely N-dealkylation sites (tertiary alicyclic amines) is 1. The van der Waals surface area contributed by atoms with Crippen LogP contribution >= 0.6 is 0 Å². The van der Waals surface area contributed by atoms with E-state index in [2.05, 4.69) is 10.6 Å². The van der Waals surface area contributed by atoms with Crippen LogP contribution in [-0.2, 0) is 19.2 Å². The van der Waals surface area contributed by atoms with Crippen molar-refractivity contribution in [2.75, 3.05) is 13.1 Å². The van der Waals surface area contributed by atoms with Gasteiger partial charge in [0.25, 0.3) is 0 Å². The second kappa shape index (κ2) is 8.61. The van der Waals surface area contributed by atoms with Crippen molar-refractivity contribution in [1.82, 2.24) is 15.5 Å². The lowest BCUT2D eigenvalue weighted by Gasteiger charge is -2.22. The van der Waals surface area contributed by atoms with Crippen LogP contribution in [0.3, 0.4) is 0 Å². The fraction of sp³-hybridized carbons (Fsp3) is 0.733. The molecule has 1 aliphatic heterocycles. The van der Waals surface area contributed by atoms with E-state index < -0.39 is 29.8 Å². The zero-order valence-electron chi connectivity index (χ0n) is 13.9. The Bertz CT molecular complexity index is 478. The molecule has 0 unspecified atom stereocenters. The molecule has 2 atom stereocenters. The molecule has 4 amide bonds. The van der Waals surface area contributed by atoms with Crippen molar-refractivity contribution in [1.29, 1.82) is 0 Å². The SMILES string of the molecule is CC(=O)N1CCC[C@@H]1C(=O)NC(=O)CNC(=O)[C@@H](N)CC(C)C. The van der Waals surface area contributed by atoms with E-state index in [-0.39, 0.29) is 18.4 Å². The highest BCUT2D eigenvalue weighted by molar-refractivity contribution is 6.01. The molecule has 0 spiro atoms. The third-order valence-corrected chi connectivity index (χ3v) is 3.71. The third kappa shape index (κ3) is 5.97. The minimum atomic E-state index is -0.679. The van der Waals surface area contributed by atoms with Gasteiger partial charge in [-0.05, 0) is 25.2 Å². The molecule has 0 saturated carbocycles. The number of rotatable bonds is 6. The van der Waals surface area contributed by atoms with Crippen LogP contribution in [0.2, 0.25) is 0 Å². The van der Waals surface area contributed by atoms with Crippen molar-refractivity contribution in [2.24, 2.45) is 11.7 Å². The summed E-state index contributed by atoms with van der Waals surface area (Å²) in [5, 5.41) is 4.62. The number of hydrogen-bond acceptors (Lipinski definition) is 5. The van der Waals surface area contributed by atoms with Gasteiger partial charge in [0, 0.05) is 13.5 Å². The average molecular weight is 326 g/mol. The molecule has 8 nitrogen and oxygen atoms in total. The summed E-state index contributed by atoms with van der Waals surface area (Å²) in [6, 6.07) is -1.29.